The second-order valence-electron chi connectivity index (χ2n) is 3.61. The fourth-order valence-corrected chi connectivity index (χ4v) is 1.97. The lowest BCUT2D eigenvalue weighted by Gasteiger charge is -2.14. The Morgan fingerprint density at radius 1 is 0.857 bits per heavy atom. The second-order valence-corrected chi connectivity index (χ2v) is 4.65. The van der Waals surface area contributed by atoms with Crippen molar-refractivity contribution in [3.63, 3.8) is 0 Å². The molecule has 0 amide bonds. The summed E-state index contributed by atoms with van der Waals surface area (Å²) in [4.78, 5) is 0. The van der Waals surface area contributed by atoms with Crippen LogP contribution < -0.4 is 0 Å². The molecule has 0 N–H and O–H groups in total. The Kier molecular flexibility index (Phi) is 9.40. The third kappa shape index (κ3) is 7.33. The highest BCUT2D eigenvalue weighted by atomic mass is 32.2. The monoisotopic (exact) mass is 221 g/mol. The Labute approximate surface area is 89.6 Å². The molecule has 0 aliphatic rings. The van der Waals surface area contributed by atoms with Gasteiger partial charge in [-0.25, -0.2) is 12.7 Å². The van der Waals surface area contributed by atoms with Crippen LogP contribution in [0.2, 0.25) is 0 Å². The third-order valence-corrected chi connectivity index (χ3v) is 3.13. The molecular formula is C10H23NO2S. The minimum atomic E-state index is -2.36. The fourth-order valence-electron chi connectivity index (χ4n) is 1.36. The summed E-state index contributed by atoms with van der Waals surface area (Å²) in [6.45, 7) is 5.66. The summed E-state index contributed by atoms with van der Waals surface area (Å²) in [7, 11) is -2.36. The lowest BCUT2D eigenvalue weighted by atomic mass is 10.2. The molecule has 0 aromatic carbocycles. The van der Waals surface area contributed by atoms with E-state index in [4.69, 9.17) is 0 Å². The maximum absolute atomic E-state index is 10.9. The van der Waals surface area contributed by atoms with Crippen molar-refractivity contribution in [1.29, 1.82) is 0 Å². The number of thiol groups is 1. The van der Waals surface area contributed by atoms with Crippen LogP contribution in [0.1, 0.15) is 52.4 Å². The Morgan fingerprint density at radius 3 is 1.57 bits per heavy atom. The van der Waals surface area contributed by atoms with Crippen LogP contribution in [0.25, 0.3) is 0 Å². The summed E-state index contributed by atoms with van der Waals surface area (Å²) < 4.78 is 23.3. The van der Waals surface area contributed by atoms with Gasteiger partial charge in [0.2, 0.25) is 10.9 Å². The minimum Gasteiger partial charge on any atom is -0.215 e. The molecule has 3 nitrogen and oxygen atoms in total. The molecule has 0 unspecified atom stereocenters. The van der Waals surface area contributed by atoms with E-state index >= 15 is 0 Å². The first kappa shape index (κ1) is 13.9. The van der Waals surface area contributed by atoms with Crippen LogP contribution in [0, 0.1) is 0 Å². The molecule has 0 aromatic rings. The van der Waals surface area contributed by atoms with Gasteiger partial charge in [0.05, 0.1) is 0 Å². The van der Waals surface area contributed by atoms with E-state index in [0.717, 1.165) is 38.5 Å². The fraction of sp³-hybridized carbons (Fsp3) is 1.00. The number of hydrogen-bond donors (Lipinski definition) is 1. The van der Waals surface area contributed by atoms with Gasteiger partial charge in [0.1, 0.15) is 0 Å². The first-order valence-corrected chi connectivity index (χ1v) is 6.74. The van der Waals surface area contributed by atoms with Crippen LogP contribution in [0.3, 0.4) is 0 Å². The summed E-state index contributed by atoms with van der Waals surface area (Å²) in [5.74, 6) is 0. The van der Waals surface area contributed by atoms with Gasteiger partial charge < -0.3 is 0 Å². The molecule has 14 heavy (non-hydrogen) atoms. The molecule has 0 saturated heterocycles. The van der Waals surface area contributed by atoms with Crippen LogP contribution in [-0.2, 0) is 10.9 Å². The Balaban J connectivity index is 3.67. The normalized spacial score (nSPS) is 11.4. The van der Waals surface area contributed by atoms with Crippen molar-refractivity contribution in [2.24, 2.45) is 0 Å². The van der Waals surface area contributed by atoms with Crippen molar-refractivity contribution >= 4 is 10.9 Å². The van der Waals surface area contributed by atoms with Gasteiger partial charge in [-0.3, -0.25) is 0 Å². The highest BCUT2D eigenvalue weighted by molar-refractivity contribution is 7.69. The predicted octanol–water partition coefficient (Wildman–Crippen LogP) is 2.20. The van der Waals surface area contributed by atoms with Gasteiger partial charge in [-0.05, 0) is 12.8 Å². The second kappa shape index (κ2) is 9.46. The van der Waals surface area contributed by atoms with E-state index in [2.05, 4.69) is 13.8 Å². The molecule has 0 aromatic heterocycles. The van der Waals surface area contributed by atoms with Crippen LogP contribution in [0.15, 0.2) is 0 Å². The maximum atomic E-state index is 10.9. The van der Waals surface area contributed by atoms with E-state index < -0.39 is 10.9 Å². The molecule has 0 radical (unpaired) electrons. The topological polar surface area (TPSA) is 37.4 Å². The SMILES string of the molecule is CCCCCN(CCCCC)[SH](=O)=O. The molecule has 0 fully saturated rings. The highest BCUT2D eigenvalue weighted by Crippen LogP contribution is 2.02. The van der Waals surface area contributed by atoms with Crippen molar-refractivity contribution in [3.05, 3.63) is 0 Å². The lowest BCUT2D eigenvalue weighted by Crippen LogP contribution is -2.24. The molecule has 0 bridgehead atoms. The van der Waals surface area contributed by atoms with Gasteiger partial charge in [-0.2, -0.15) is 0 Å². The zero-order chi connectivity index (χ0) is 10.8. The number of rotatable bonds is 9. The smallest absolute Gasteiger partial charge is 0.203 e. The van der Waals surface area contributed by atoms with Gasteiger partial charge in [0.25, 0.3) is 0 Å². The zero-order valence-corrected chi connectivity index (χ0v) is 10.3. The van der Waals surface area contributed by atoms with Crippen molar-refractivity contribution in [2.45, 2.75) is 52.4 Å². The van der Waals surface area contributed by atoms with E-state index in [0.29, 0.717) is 13.1 Å². The van der Waals surface area contributed by atoms with E-state index in [9.17, 15) is 8.42 Å². The summed E-state index contributed by atoms with van der Waals surface area (Å²) >= 11 is 0. The van der Waals surface area contributed by atoms with Crippen molar-refractivity contribution in [2.75, 3.05) is 13.1 Å². The van der Waals surface area contributed by atoms with Gasteiger partial charge >= 0.3 is 0 Å². The van der Waals surface area contributed by atoms with Crippen molar-refractivity contribution < 1.29 is 8.42 Å². The molecule has 0 spiro atoms. The summed E-state index contributed by atoms with van der Waals surface area (Å²) in [5, 5.41) is 0. The van der Waals surface area contributed by atoms with E-state index in [-0.39, 0.29) is 0 Å². The third-order valence-electron chi connectivity index (χ3n) is 2.27. The van der Waals surface area contributed by atoms with Gasteiger partial charge in [-0.15, -0.1) is 0 Å². The molecule has 0 saturated carbocycles. The minimum absolute atomic E-state index is 0.705. The molecule has 86 valence electrons. The largest absolute Gasteiger partial charge is 0.215 e. The number of nitrogens with zero attached hydrogens (tertiary/aromatic N) is 1. The van der Waals surface area contributed by atoms with Crippen LogP contribution in [-0.4, -0.2) is 25.8 Å². The first-order valence-electron chi connectivity index (χ1n) is 5.61. The molecule has 0 heterocycles. The standard InChI is InChI=1S/C10H23NO2S/c1-3-5-7-9-11(14(12)13)10-8-6-4-2/h14H,3-10H2,1-2H3. The summed E-state index contributed by atoms with van der Waals surface area (Å²) in [5.41, 5.74) is 0. The van der Waals surface area contributed by atoms with Crippen LogP contribution in [0.4, 0.5) is 0 Å². The van der Waals surface area contributed by atoms with Gasteiger partial charge in [0.15, 0.2) is 0 Å². The average molecular weight is 221 g/mol. The average Bonchev–Trinajstić information content (AvgIpc) is 2.15. The molecular weight excluding hydrogens is 198 g/mol. The van der Waals surface area contributed by atoms with Gasteiger partial charge in [0, 0.05) is 13.1 Å². The zero-order valence-electron chi connectivity index (χ0n) is 9.37. The Bertz CT molecular complexity index is 175. The molecule has 0 rings (SSSR count). The molecule has 4 heteroatoms. The number of unbranched alkanes of at least 4 members (excludes halogenated alkanes) is 4. The first-order chi connectivity index (χ1) is 6.72. The quantitative estimate of drug-likeness (QED) is 0.479. The van der Waals surface area contributed by atoms with Gasteiger partial charge in [-0.1, -0.05) is 39.5 Å². The van der Waals surface area contributed by atoms with Crippen LogP contribution >= 0.6 is 0 Å². The van der Waals surface area contributed by atoms with Crippen molar-refractivity contribution in [3.8, 4) is 0 Å². The molecule has 0 atom stereocenters. The van der Waals surface area contributed by atoms with E-state index in [1.54, 1.807) is 4.31 Å². The lowest BCUT2D eigenvalue weighted by molar-refractivity contribution is 0.400. The summed E-state index contributed by atoms with van der Waals surface area (Å²) in [6, 6.07) is 0. The van der Waals surface area contributed by atoms with E-state index in [1.165, 1.54) is 0 Å². The molecule has 0 aliphatic heterocycles. The molecule has 0 aliphatic carbocycles. The highest BCUT2D eigenvalue weighted by Gasteiger charge is 2.05. The van der Waals surface area contributed by atoms with Crippen LogP contribution in [0.5, 0.6) is 0 Å². The number of hydrogen-bond acceptors (Lipinski definition) is 2. The van der Waals surface area contributed by atoms with E-state index in [1.807, 2.05) is 0 Å². The van der Waals surface area contributed by atoms with Crippen molar-refractivity contribution in [1.82, 2.24) is 4.31 Å². The Morgan fingerprint density at radius 2 is 1.29 bits per heavy atom. The summed E-state index contributed by atoms with van der Waals surface area (Å²) in [6.07, 6.45) is 6.50. The predicted molar refractivity (Wildman–Crippen MR) is 60.9 cm³/mol. The Hall–Kier alpha value is -0.0900. The maximum Gasteiger partial charge on any atom is 0.203 e.